The summed E-state index contributed by atoms with van der Waals surface area (Å²) < 4.78 is 10.7. The van der Waals surface area contributed by atoms with Gasteiger partial charge in [0.25, 0.3) is 11.8 Å². The SMILES string of the molecule is O=C(COc1ccc(Cl)cc1)NCCCNC(=O)COc1ccc(Cl)cc1. The van der Waals surface area contributed by atoms with E-state index >= 15 is 0 Å². The molecule has 0 heterocycles. The van der Waals surface area contributed by atoms with E-state index in [1.165, 1.54) is 0 Å². The third-order valence-electron chi connectivity index (χ3n) is 3.37. The van der Waals surface area contributed by atoms with Crippen molar-refractivity contribution in [2.75, 3.05) is 26.3 Å². The van der Waals surface area contributed by atoms with Crippen LogP contribution in [0.25, 0.3) is 0 Å². The van der Waals surface area contributed by atoms with E-state index in [2.05, 4.69) is 10.6 Å². The van der Waals surface area contributed by atoms with Crippen LogP contribution in [0.15, 0.2) is 48.5 Å². The Morgan fingerprint density at radius 2 is 1.07 bits per heavy atom. The summed E-state index contributed by atoms with van der Waals surface area (Å²) in [5, 5.41) is 6.64. The van der Waals surface area contributed by atoms with E-state index in [1.807, 2.05) is 0 Å². The van der Waals surface area contributed by atoms with Gasteiger partial charge in [-0.1, -0.05) is 23.2 Å². The standard InChI is InChI=1S/C19H20Cl2N2O4/c20-14-2-6-16(7-3-14)26-12-18(24)22-10-1-11-23-19(25)13-27-17-8-4-15(21)5-9-17/h2-9H,1,10-13H2,(H,22,24)(H,23,25). The highest BCUT2D eigenvalue weighted by molar-refractivity contribution is 6.30. The average molecular weight is 411 g/mol. The maximum Gasteiger partial charge on any atom is 0.257 e. The Bertz CT molecular complexity index is 673. The summed E-state index contributed by atoms with van der Waals surface area (Å²) >= 11 is 11.5. The van der Waals surface area contributed by atoms with Gasteiger partial charge in [0.1, 0.15) is 11.5 Å². The van der Waals surface area contributed by atoms with Crippen molar-refractivity contribution < 1.29 is 19.1 Å². The van der Waals surface area contributed by atoms with Crippen molar-refractivity contribution in [2.24, 2.45) is 0 Å². The van der Waals surface area contributed by atoms with Gasteiger partial charge in [-0.25, -0.2) is 0 Å². The summed E-state index contributed by atoms with van der Waals surface area (Å²) in [4.78, 5) is 23.4. The van der Waals surface area contributed by atoms with Crippen molar-refractivity contribution in [3.8, 4) is 11.5 Å². The molecule has 2 N–H and O–H groups in total. The van der Waals surface area contributed by atoms with Crippen molar-refractivity contribution in [1.29, 1.82) is 0 Å². The Morgan fingerprint density at radius 1 is 0.704 bits per heavy atom. The number of benzene rings is 2. The fourth-order valence-electron chi connectivity index (χ4n) is 2.01. The van der Waals surface area contributed by atoms with E-state index in [9.17, 15) is 9.59 Å². The third kappa shape index (κ3) is 8.66. The molecule has 8 heteroatoms. The number of hydrogen-bond acceptors (Lipinski definition) is 4. The van der Waals surface area contributed by atoms with Crippen LogP contribution in [0.5, 0.6) is 11.5 Å². The van der Waals surface area contributed by atoms with Crippen molar-refractivity contribution in [3.05, 3.63) is 58.6 Å². The number of carbonyl (C=O) groups excluding carboxylic acids is 2. The fraction of sp³-hybridized carbons (Fsp3) is 0.263. The van der Waals surface area contributed by atoms with Crippen molar-refractivity contribution in [1.82, 2.24) is 10.6 Å². The van der Waals surface area contributed by atoms with Crippen LogP contribution in [0.3, 0.4) is 0 Å². The van der Waals surface area contributed by atoms with Crippen molar-refractivity contribution in [2.45, 2.75) is 6.42 Å². The number of amides is 2. The van der Waals surface area contributed by atoms with Crippen LogP contribution in [-0.2, 0) is 9.59 Å². The van der Waals surface area contributed by atoms with Crippen LogP contribution >= 0.6 is 23.2 Å². The van der Waals surface area contributed by atoms with Gasteiger partial charge >= 0.3 is 0 Å². The molecular formula is C19H20Cl2N2O4. The number of carbonyl (C=O) groups is 2. The van der Waals surface area contributed by atoms with Crippen molar-refractivity contribution >= 4 is 35.0 Å². The van der Waals surface area contributed by atoms with Gasteiger partial charge < -0.3 is 20.1 Å². The first kappa shape index (κ1) is 20.9. The first-order chi connectivity index (χ1) is 13.0. The van der Waals surface area contributed by atoms with Crippen LogP contribution in [0, 0.1) is 0 Å². The minimum atomic E-state index is -0.234. The molecule has 0 aromatic heterocycles. The third-order valence-corrected chi connectivity index (χ3v) is 3.87. The molecule has 0 radical (unpaired) electrons. The molecule has 27 heavy (non-hydrogen) atoms. The molecule has 2 aromatic rings. The summed E-state index contributed by atoms with van der Waals surface area (Å²) in [5.74, 6) is 0.676. The van der Waals surface area contributed by atoms with E-state index < -0.39 is 0 Å². The normalized spacial score (nSPS) is 10.1. The first-order valence-corrected chi connectivity index (χ1v) is 9.08. The lowest BCUT2D eigenvalue weighted by Crippen LogP contribution is -2.34. The Kier molecular flexibility index (Phi) is 8.74. The van der Waals surface area contributed by atoms with Gasteiger partial charge in [0.2, 0.25) is 0 Å². The zero-order valence-electron chi connectivity index (χ0n) is 14.5. The van der Waals surface area contributed by atoms with Gasteiger partial charge in [-0.15, -0.1) is 0 Å². The van der Waals surface area contributed by atoms with Gasteiger partial charge in [-0.2, -0.15) is 0 Å². The molecule has 0 aliphatic rings. The summed E-state index contributed by atoms with van der Waals surface area (Å²) in [5.41, 5.74) is 0. The van der Waals surface area contributed by atoms with E-state index in [0.717, 1.165) is 0 Å². The fourth-order valence-corrected chi connectivity index (χ4v) is 2.26. The number of ether oxygens (including phenoxy) is 2. The summed E-state index contributed by atoms with van der Waals surface area (Å²) in [6.07, 6.45) is 0.597. The Morgan fingerprint density at radius 3 is 1.44 bits per heavy atom. The van der Waals surface area contributed by atoms with Crippen molar-refractivity contribution in [3.63, 3.8) is 0 Å². The summed E-state index contributed by atoms with van der Waals surface area (Å²) in [7, 11) is 0. The predicted molar refractivity (Wildman–Crippen MR) is 105 cm³/mol. The molecular weight excluding hydrogens is 391 g/mol. The average Bonchev–Trinajstić information content (AvgIpc) is 2.67. The number of rotatable bonds is 10. The largest absolute Gasteiger partial charge is 0.484 e. The summed E-state index contributed by atoms with van der Waals surface area (Å²) in [6.45, 7) is 0.702. The molecule has 0 aliphatic carbocycles. The van der Waals surface area contributed by atoms with E-state index in [4.69, 9.17) is 32.7 Å². The molecule has 0 atom stereocenters. The molecule has 0 bridgehead atoms. The molecule has 2 amide bonds. The molecule has 6 nitrogen and oxygen atoms in total. The minimum Gasteiger partial charge on any atom is -0.484 e. The Hall–Kier alpha value is -2.44. The topological polar surface area (TPSA) is 76.7 Å². The molecule has 0 spiro atoms. The summed E-state index contributed by atoms with van der Waals surface area (Å²) in [6, 6.07) is 13.5. The van der Waals surface area contributed by atoms with Crippen LogP contribution in [0.1, 0.15) is 6.42 Å². The quantitative estimate of drug-likeness (QED) is 0.590. The second-order valence-corrected chi connectivity index (χ2v) is 6.41. The van der Waals surface area contributed by atoms with Crippen LogP contribution in [0.2, 0.25) is 10.0 Å². The molecule has 2 rings (SSSR count). The highest BCUT2D eigenvalue weighted by Gasteiger charge is 2.04. The second-order valence-electron chi connectivity index (χ2n) is 5.54. The van der Waals surface area contributed by atoms with Gasteiger partial charge in [0, 0.05) is 23.1 Å². The first-order valence-electron chi connectivity index (χ1n) is 8.33. The molecule has 0 fully saturated rings. The van der Waals surface area contributed by atoms with Gasteiger partial charge in [0.15, 0.2) is 13.2 Å². The Balaban J connectivity index is 1.50. The number of hydrogen-bond donors (Lipinski definition) is 2. The van der Waals surface area contributed by atoms with Crippen LogP contribution in [0.4, 0.5) is 0 Å². The van der Waals surface area contributed by atoms with Crippen LogP contribution in [-0.4, -0.2) is 38.1 Å². The highest BCUT2D eigenvalue weighted by atomic mass is 35.5. The van der Waals surface area contributed by atoms with E-state index in [0.29, 0.717) is 41.1 Å². The molecule has 2 aromatic carbocycles. The molecule has 0 saturated heterocycles. The second kappa shape index (κ2) is 11.3. The lowest BCUT2D eigenvalue weighted by atomic mass is 10.3. The lowest BCUT2D eigenvalue weighted by molar-refractivity contribution is -0.123. The monoisotopic (exact) mass is 410 g/mol. The lowest BCUT2D eigenvalue weighted by Gasteiger charge is -2.09. The predicted octanol–water partition coefficient (Wildman–Crippen LogP) is 3.07. The van der Waals surface area contributed by atoms with Gasteiger partial charge in [-0.3, -0.25) is 9.59 Å². The smallest absolute Gasteiger partial charge is 0.257 e. The number of halogens is 2. The van der Waals surface area contributed by atoms with Crippen LogP contribution < -0.4 is 20.1 Å². The molecule has 0 unspecified atom stereocenters. The number of nitrogens with one attached hydrogen (secondary N) is 2. The van der Waals surface area contributed by atoms with E-state index in [-0.39, 0.29) is 25.0 Å². The molecule has 0 aliphatic heterocycles. The zero-order valence-corrected chi connectivity index (χ0v) is 16.1. The molecule has 0 saturated carbocycles. The van der Waals surface area contributed by atoms with Gasteiger partial charge in [-0.05, 0) is 55.0 Å². The highest BCUT2D eigenvalue weighted by Crippen LogP contribution is 2.16. The zero-order chi connectivity index (χ0) is 19.5. The Labute approximate surface area is 167 Å². The van der Waals surface area contributed by atoms with E-state index in [1.54, 1.807) is 48.5 Å². The maximum absolute atomic E-state index is 11.7. The maximum atomic E-state index is 11.7. The van der Waals surface area contributed by atoms with Gasteiger partial charge in [0.05, 0.1) is 0 Å². The minimum absolute atomic E-state index is 0.0804. The molecule has 144 valence electrons.